The molecule has 0 aliphatic carbocycles. The van der Waals surface area contributed by atoms with E-state index in [-0.39, 0.29) is 11.9 Å². The maximum atomic E-state index is 13.1. The van der Waals surface area contributed by atoms with Gasteiger partial charge in [0.15, 0.2) is 0 Å². The van der Waals surface area contributed by atoms with Crippen molar-refractivity contribution in [1.82, 2.24) is 30.0 Å². The summed E-state index contributed by atoms with van der Waals surface area (Å²) in [6, 6.07) is 5.83. The standard InChI is InChI=1S/C30H43ClN6O2/c1-7-24(29(28-20-33-21-36(28)5)34-30(38)22(2)39-6)26-19-23(31)12-13-25(26)27(11-9-8-10-14-32-3)37-17-15-35(4)16-18-37/h7-10,12-14,19-22,27,29,32H,11,15-18H2,1-6H3,(H,34,38)/b9-8-,14-10-,24-7+. The van der Waals surface area contributed by atoms with Gasteiger partial charge in [0.2, 0.25) is 5.91 Å². The van der Waals surface area contributed by atoms with Gasteiger partial charge in [0.1, 0.15) is 6.10 Å². The number of carbonyl (C=O) groups is 1. The molecule has 3 atom stereocenters. The number of hydrogen-bond acceptors (Lipinski definition) is 6. The summed E-state index contributed by atoms with van der Waals surface area (Å²) in [7, 11) is 7.53. The molecule has 1 aliphatic heterocycles. The number of aryl methyl sites for hydroxylation is 1. The first-order valence-corrected chi connectivity index (χ1v) is 13.8. The van der Waals surface area contributed by atoms with Gasteiger partial charge in [-0.15, -0.1) is 0 Å². The van der Waals surface area contributed by atoms with Gasteiger partial charge in [0, 0.05) is 58.4 Å². The predicted molar refractivity (Wildman–Crippen MR) is 159 cm³/mol. The number of halogens is 1. The fourth-order valence-corrected chi connectivity index (χ4v) is 5.09. The van der Waals surface area contributed by atoms with E-state index < -0.39 is 12.1 Å². The number of hydrogen-bond donors (Lipinski definition) is 2. The molecule has 1 aromatic carbocycles. The van der Waals surface area contributed by atoms with E-state index in [0.29, 0.717) is 5.02 Å². The molecular weight excluding hydrogens is 512 g/mol. The summed E-state index contributed by atoms with van der Waals surface area (Å²) in [5.41, 5.74) is 4.04. The van der Waals surface area contributed by atoms with Gasteiger partial charge in [-0.05, 0) is 68.4 Å². The van der Waals surface area contributed by atoms with Crippen LogP contribution in [0.2, 0.25) is 5.02 Å². The number of carbonyl (C=O) groups excluding carboxylic acids is 1. The highest BCUT2D eigenvalue weighted by molar-refractivity contribution is 6.30. The van der Waals surface area contributed by atoms with Crippen molar-refractivity contribution in [3.05, 3.63) is 83.1 Å². The number of allylic oxidation sites excluding steroid dienone is 3. The smallest absolute Gasteiger partial charge is 0.249 e. The summed E-state index contributed by atoms with van der Waals surface area (Å²) < 4.78 is 7.25. The van der Waals surface area contributed by atoms with Crippen LogP contribution in [0.25, 0.3) is 5.57 Å². The lowest BCUT2D eigenvalue weighted by Gasteiger charge is -2.39. The quantitative estimate of drug-likeness (QED) is 0.380. The average Bonchev–Trinajstić information content (AvgIpc) is 3.36. The molecule has 1 aliphatic rings. The molecule has 8 nitrogen and oxygen atoms in total. The van der Waals surface area contributed by atoms with Crippen molar-refractivity contribution in [2.24, 2.45) is 7.05 Å². The Morgan fingerprint density at radius 3 is 2.56 bits per heavy atom. The fraction of sp³-hybridized carbons (Fsp3) is 0.467. The van der Waals surface area contributed by atoms with E-state index in [0.717, 1.165) is 49.4 Å². The Balaban J connectivity index is 2.10. The van der Waals surface area contributed by atoms with E-state index in [9.17, 15) is 4.79 Å². The maximum Gasteiger partial charge on any atom is 0.249 e. The lowest BCUT2D eigenvalue weighted by molar-refractivity contribution is -0.130. The molecule has 9 heteroatoms. The third-order valence-corrected chi connectivity index (χ3v) is 7.55. The summed E-state index contributed by atoms with van der Waals surface area (Å²) in [6.07, 6.45) is 14.1. The molecule has 212 valence electrons. The Bertz CT molecular complexity index is 1170. The Kier molecular flexibility index (Phi) is 11.8. The minimum absolute atomic E-state index is 0.140. The van der Waals surface area contributed by atoms with Gasteiger partial charge in [-0.3, -0.25) is 9.69 Å². The van der Waals surface area contributed by atoms with Crippen LogP contribution in [-0.2, 0) is 16.6 Å². The zero-order valence-electron chi connectivity index (χ0n) is 24.0. The molecule has 1 aromatic heterocycles. The second-order valence-electron chi connectivity index (χ2n) is 9.89. The SMILES string of the molecule is C/C=C(\c1cc(Cl)ccc1C(C/C=C\C=C/NC)N1CCN(C)CC1)C(NC(=O)C(C)OC)c1cncn1C. The molecule has 2 aromatic rings. The van der Waals surface area contributed by atoms with Crippen LogP contribution in [0.1, 0.15) is 49.2 Å². The van der Waals surface area contributed by atoms with Crippen molar-refractivity contribution in [3.63, 3.8) is 0 Å². The van der Waals surface area contributed by atoms with E-state index in [2.05, 4.69) is 56.8 Å². The number of aromatic nitrogens is 2. The minimum Gasteiger partial charge on any atom is -0.394 e. The number of nitrogens with zero attached hydrogens (tertiary/aromatic N) is 4. The summed E-state index contributed by atoms with van der Waals surface area (Å²) >= 11 is 6.63. The van der Waals surface area contributed by atoms with Crippen LogP contribution in [0.4, 0.5) is 0 Å². The Hall–Kier alpha value is -2.91. The van der Waals surface area contributed by atoms with Crippen molar-refractivity contribution in [2.45, 2.75) is 38.5 Å². The van der Waals surface area contributed by atoms with Gasteiger partial charge in [0.25, 0.3) is 0 Å². The summed E-state index contributed by atoms with van der Waals surface area (Å²) in [5.74, 6) is -0.193. The van der Waals surface area contributed by atoms with E-state index in [1.54, 1.807) is 19.4 Å². The zero-order chi connectivity index (χ0) is 28.4. The van der Waals surface area contributed by atoms with Crippen LogP contribution in [0.15, 0.2) is 61.2 Å². The number of ether oxygens (including phenoxy) is 1. The molecule has 39 heavy (non-hydrogen) atoms. The first-order chi connectivity index (χ1) is 18.8. The summed E-state index contributed by atoms with van der Waals surface area (Å²) in [5, 5.41) is 6.89. The third kappa shape index (κ3) is 8.05. The van der Waals surface area contributed by atoms with Gasteiger partial charge < -0.3 is 24.8 Å². The van der Waals surface area contributed by atoms with Crippen LogP contribution in [-0.4, -0.2) is 78.7 Å². The average molecular weight is 555 g/mol. The predicted octanol–water partition coefficient (Wildman–Crippen LogP) is 4.34. The number of benzene rings is 1. The molecule has 1 saturated heterocycles. The summed E-state index contributed by atoms with van der Waals surface area (Å²) in [4.78, 5) is 22.3. The molecule has 2 heterocycles. The van der Waals surface area contributed by atoms with E-state index in [1.165, 1.54) is 12.7 Å². The fourth-order valence-electron chi connectivity index (χ4n) is 4.91. The number of imidazole rings is 1. The lowest BCUT2D eigenvalue weighted by Crippen LogP contribution is -2.46. The normalized spacial score (nSPS) is 18.0. The van der Waals surface area contributed by atoms with Crippen molar-refractivity contribution in [1.29, 1.82) is 0 Å². The second kappa shape index (κ2) is 15.0. The van der Waals surface area contributed by atoms with Gasteiger partial charge in [0.05, 0.1) is 24.3 Å². The topological polar surface area (TPSA) is 74.7 Å². The molecule has 0 saturated carbocycles. The molecule has 3 unspecified atom stereocenters. The minimum atomic E-state index is -0.591. The van der Waals surface area contributed by atoms with E-state index in [1.807, 2.05) is 50.0 Å². The van der Waals surface area contributed by atoms with Crippen molar-refractivity contribution < 1.29 is 9.53 Å². The maximum absolute atomic E-state index is 13.1. The van der Waals surface area contributed by atoms with Gasteiger partial charge in [-0.1, -0.05) is 35.9 Å². The van der Waals surface area contributed by atoms with E-state index in [4.69, 9.17) is 16.3 Å². The number of rotatable bonds is 12. The van der Waals surface area contributed by atoms with Crippen LogP contribution in [0.3, 0.4) is 0 Å². The number of amides is 1. The van der Waals surface area contributed by atoms with Gasteiger partial charge in [-0.25, -0.2) is 4.98 Å². The molecule has 0 radical (unpaired) electrons. The highest BCUT2D eigenvalue weighted by Crippen LogP contribution is 2.39. The second-order valence-corrected chi connectivity index (χ2v) is 10.3. The highest BCUT2D eigenvalue weighted by Gasteiger charge is 2.30. The molecule has 3 rings (SSSR count). The van der Waals surface area contributed by atoms with Crippen molar-refractivity contribution in [2.75, 3.05) is 47.4 Å². The largest absolute Gasteiger partial charge is 0.394 e. The Morgan fingerprint density at radius 1 is 1.21 bits per heavy atom. The lowest BCUT2D eigenvalue weighted by atomic mass is 9.87. The molecular formula is C30H43ClN6O2. The van der Waals surface area contributed by atoms with Crippen molar-refractivity contribution in [3.8, 4) is 0 Å². The first-order valence-electron chi connectivity index (χ1n) is 13.5. The third-order valence-electron chi connectivity index (χ3n) is 7.31. The molecule has 2 N–H and O–H groups in total. The van der Waals surface area contributed by atoms with Crippen LogP contribution < -0.4 is 10.6 Å². The number of methoxy groups -OCH3 is 1. The highest BCUT2D eigenvalue weighted by atomic mass is 35.5. The Labute approximate surface area is 238 Å². The molecule has 1 amide bonds. The Morgan fingerprint density at radius 2 is 1.95 bits per heavy atom. The van der Waals surface area contributed by atoms with Crippen LogP contribution in [0.5, 0.6) is 0 Å². The molecule has 1 fully saturated rings. The van der Waals surface area contributed by atoms with Crippen LogP contribution >= 0.6 is 11.6 Å². The van der Waals surface area contributed by atoms with Gasteiger partial charge >= 0.3 is 0 Å². The first kappa shape index (κ1) is 30.6. The summed E-state index contributed by atoms with van der Waals surface area (Å²) in [6.45, 7) is 7.73. The van der Waals surface area contributed by atoms with Gasteiger partial charge in [-0.2, -0.15) is 0 Å². The number of nitrogens with one attached hydrogen (secondary N) is 2. The number of likely N-dealkylation sites (N-methyl/N-ethyl adjacent to an activating group) is 1. The zero-order valence-corrected chi connectivity index (χ0v) is 24.8. The molecule has 0 spiro atoms. The van der Waals surface area contributed by atoms with E-state index >= 15 is 0 Å². The van der Waals surface area contributed by atoms with Crippen LogP contribution in [0, 0.1) is 0 Å². The monoisotopic (exact) mass is 554 g/mol. The number of piperazine rings is 1. The molecule has 0 bridgehead atoms. The van der Waals surface area contributed by atoms with Crippen molar-refractivity contribution >= 4 is 23.1 Å².